The number of esters is 1. The van der Waals surface area contributed by atoms with Crippen LogP contribution in [0.2, 0.25) is 0 Å². The highest BCUT2D eigenvalue weighted by molar-refractivity contribution is 5.98. The summed E-state index contributed by atoms with van der Waals surface area (Å²) in [4.78, 5) is 23.6. The second-order valence-electron chi connectivity index (χ2n) is 6.13. The lowest BCUT2D eigenvalue weighted by molar-refractivity contribution is -0.140. The van der Waals surface area contributed by atoms with E-state index < -0.39 is 11.6 Å². The average molecular weight is 332 g/mol. The minimum absolute atomic E-state index is 0.213. The number of ether oxygens (including phenoxy) is 2. The maximum absolute atomic E-state index is 12.7. The molecule has 6 nitrogen and oxygen atoms in total. The van der Waals surface area contributed by atoms with E-state index in [4.69, 9.17) is 9.47 Å². The average Bonchev–Trinajstić information content (AvgIpc) is 2.47. The zero-order valence-corrected chi connectivity index (χ0v) is 14.8. The molecule has 0 saturated carbocycles. The number of benzene rings is 1. The summed E-state index contributed by atoms with van der Waals surface area (Å²) >= 11 is 0. The summed E-state index contributed by atoms with van der Waals surface area (Å²) in [6.07, 6.45) is 0.556. The van der Waals surface area contributed by atoms with E-state index in [-0.39, 0.29) is 23.1 Å². The molecule has 1 N–H and O–H groups in total. The SMILES string of the molecule is CCO[C@](C)(CC(C)C)C(=O)Nc1ccc(OC(C)=O)cc1C#N. The number of hydrogen-bond donors (Lipinski definition) is 1. The van der Waals surface area contributed by atoms with Gasteiger partial charge in [-0.1, -0.05) is 13.8 Å². The van der Waals surface area contributed by atoms with Crippen LogP contribution in [0.15, 0.2) is 18.2 Å². The molecule has 0 radical (unpaired) electrons. The fraction of sp³-hybridized carbons (Fsp3) is 0.500. The summed E-state index contributed by atoms with van der Waals surface area (Å²) in [5, 5.41) is 12.0. The third-order valence-electron chi connectivity index (χ3n) is 3.36. The first-order valence-electron chi connectivity index (χ1n) is 7.89. The number of rotatable bonds is 7. The zero-order valence-electron chi connectivity index (χ0n) is 14.8. The van der Waals surface area contributed by atoms with Crippen molar-refractivity contribution in [3.63, 3.8) is 0 Å². The number of carbonyl (C=O) groups is 2. The van der Waals surface area contributed by atoms with E-state index in [0.29, 0.717) is 18.7 Å². The zero-order chi connectivity index (χ0) is 18.3. The molecule has 0 fully saturated rings. The van der Waals surface area contributed by atoms with E-state index in [1.165, 1.54) is 25.1 Å². The molecule has 0 bridgehead atoms. The Labute approximate surface area is 142 Å². The Morgan fingerprint density at radius 2 is 2.04 bits per heavy atom. The molecule has 1 atom stereocenters. The standard InChI is InChI=1S/C18H24N2O4/c1-6-23-18(5,10-12(2)3)17(22)20-16-8-7-15(24-13(4)21)9-14(16)11-19/h7-9,12H,6,10H2,1-5H3,(H,20,22)/t18-/m1/s1. The summed E-state index contributed by atoms with van der Waals surface area (Å²) in [5.74, 6) is -0.257. The van der Waals surface area contributed by atoms with Crippen molar-refractivity contribution < 1.29 is 19.1 Å². The van der Waals surface area contributed by atoms with Gasteiger partial charge in [0, 0.05) is 19.6 Å². The number of carbonyl (C=O) groups excluding carboxylic acids is 2. The Morgan fingerprint density at radius 1 is 1.38 bits per heavy atom. The molecule has 1 amide bonds. The lowest BCUT2D eigenvalue weighted by Crippen LogP contribution is -2.44. The molecule has 0 aliphatic rings. The number of nitrogens with zero attached hydrogens (tertiary/aromatic N) is 1. The van der Waals surface area contributed by atoms with E-state index >= 15 is 0 Å². The van der Waals surface area contributed by atoms with Crippen molar-refractivity contribution in [3.05, 3.63) is 23.8 Å². The third kappa shape index (κ3) is 5.36. The van der Waals surface area contributed by atoms with Crippen LogP contribution in [0.3, 0.4) is 0 Å². The third-order valence-corrected chi connectivity index (χ3v) is 3.36. The lowest BCUT2D eigenvalue weighted by Gasteiger charge is -2.30. The maximum Gasteiger partial charge on any atom is 0.308 e. The highest BCUT2D eigenvalue weighted by atomic mass is 16.5. The van der Waals surface area contributed by atoms with E-state index in [9.17, 15) is 14.9 Å². The van der Waals surface area contributed by atoms with Gasteiger partial charge in [-0.25, -0.2) is 0 Å². The van der Waals surface area contributed by atoms with E-state index in [2.05, 4.69) is 5.32 Å². The quantitative estimate of drug-likeness (QED) is 0.611. The van der Waals surface area contributed by atoms with Crippen molar-refractivity contribution in [1.82, 2.24) is 0 Å². The van der Waals surface area contributed by atoms with Crippen LogP contribution >= 0.6 is 0 Å². The van der Waals surface area contributed by atoms with Gasteiger partial charge in [-0.2, -0.15) is 5.26 Å². The summed E-state index contributed by atoms with van der Waals surface area (Å²) in [6, 6.07) is 6.47. The molecule has 0 saturated heterocycles. The first-order valence-corrected chi connectivity index (χ1v) is 7.89. The van der Waals surface area contributed by atoms with Crippen LogP contribution in [-0.4, -0.2) is 24.1 Å². The Kier molecular flexibility index (Phi) is 6.93. The molecule has 1 aromatic carbocycles. The highest BCUT2D eigenvalue weighted by Gasteiger charge is 2.35. The van der Waals surface area contributed by atoms with Gasteiger partial charge in [0.2, 0.25) is 0 Å². The van der Waals surface area contributed by atoms with Crippen molar-refractivity contribution in [2.24, 2.45) is 5.92 Å². The summed E-state index contributed by atoms with van der Waals surface area (Å²) in [7, 11) is 0. The molecule has 6 heteroatoms. The maximum atomic E-state index is 12.7. The van der Waals surface area contributed by atoms with Gasteiger partial charge in [0.1, 0.15) is 17.4 Å². The Hall–Kier alpha value is -2.39. The number of anilines is 1. The molecule has 0 spiro atoms. The molecule has 1 rings (SSSR count). The van der Waals surface area contributed by atoms with Crippen molar-refractivity contribution in [1.29, 1.82) is 5.26 Å². The van der Waals surface area contributed by atoms with Crippen LogP contribution in [0, 0.1) is 17.2 Å². The molecule has 130 valence electrons. The molecule has 0 unspecified atom stereocenters. The van der Waals surface area contributed by atoms with Crippen LogP contribution in [0.25, 0.3) is 0 Å². The van der Waals surface area contributed by atoms with E-state index in [0.717, 1.165) is 0 Å². The molecule has 1 aromatic rings. The first-order chi connectivity index (χ1) is 11.2. The monoisotopic (exact) mass is 332 g/mol. The summed E-state index contributed by atoms with van der Waals surface area (Å²) < 4.78 is 10.6. The van der Waals surface area contributed by atoms with Gasteiger partial charge in [0.25, 0.3) is 5.91 Å². The van der Waals surface area contributed by atoms with Crippen LogP contribution < -0.4 is 10.1 Å². The summed E-state index contributed by atoms with van der Waals surface area (Å²) in [6.45, 7) is 9.29. The Balaban J connectivity index is 3.03. The smallest absolute Gasteiger partial charge is 0.308 e. The predicted molar refractivity (Wildman–Crippen MR) is 90.6 cm³/mol. The minimum atomic E-state index is -0.982. The van der Waals surface area contributed by atoms with Crippen LogP contribution in [0.5, 0.6) is 5.75 Å². The van der Waals surface area contributed by atoms with E-state index in [1.54, 1.807) is 6.92 Å². The van der Waals surface area contributed by atoms with Crippen molar-refractivity contribution in [2.75, 3.05) is 11.9 Å². The van der Waals surface area contributed by atoms with Crippen LogP contribution in [0.1, 0.15) is 46.6 Å². The minimum Gasteiger partial charge on any atom is -0.427 e. The first kappa shape index (κ1) is 19.7. The normalized spacial score (nSPS) is 13.0. The number of hydrogen-bond acceptors (Lipinski definition) is 5. The second kappa shape index (κ2) is 8.46. The molecular weight excluding hydrogens is 308 g/mol. The number of nitriles is 1. The van der Waals surface area contributed by atoms with E-state index in [1.807, 2.05) is 26.8 Å². The Morgan fingerprint density at radius 3 is 2.54 bits per heavy atom. The van der Waals surface area contributed by atoms with Gasteiger partial charge in [-0.15, -0.1) is 0 Å². The predicted octanol–water partition coefficient (Wildman–Crippen LogP) is 3.26. The van der Waals surface area contributed by atoms with Gasteiger partial charge in [0.05, 0.1) is 11.3 Å². The van der Waals surface area contributed by atoms with Gasteiger partial charge < -0.3 is 14.8 Å². The molecule has 0 aromatic heterocycles. The van der Waals surface area contributed by atoms with Crippen LogP contribution in [0.4, 0.5) is 5.69 Å². The van der Waals surface area contributed by atoms with Crippen LogP contribution in [-0.2, 0) is 14.3 Å². The topological polar surface area (TPSA) is 88.4 Å². The number of nitrogens with one attached hydrogen (secondary N) is 1. The fourth-order valence-electron chi connectivity index (χ4n) is 2.52. The van der Waals surface area contributed by atoms with Gasteiger partial charge in [0.15, 0.2) is 0 Å². The molecule has 24 heavy (non-hydrogen) atoms. The van der Waals surface area contributed by atoms with Gasteiger partial charge in [-0.3, -0.25) is 9.59 Å². The highest BCUT2D eigenvalue weighted by Crippen LogP contribution is 2.26. The molecular formula is C18H24N2O4. The van der Waals surface area contributed by atoms with Crippen molar-refractivity contribution in [2.45, 2.75) is 46.6 Å². The molecule has 0 aliphatic carbocycles. The second-order valence-corrected chi connectivity index (χ2v) is 6.13. The number of amides is 1. The molecule has 0 aliphatic heterocycles. The largest absolute Gasteiger partial charge is 0.427 e. The van der Waals surface area contributed by atoms with Crippen molar-refractivity contribution >= 4 is 17.6 Å². The lowest BCUT2D eigenvalue weighted by atomic mass is 9.93. The van der Waals surface area contributed by atoms with Crippen molar-refractivity contribution in [3.8, 4) is 11.8 Å². The molecule has 0 heterocycles. The summed E-state index contributed by atoms with van der Waals surface area (Å²) in [5.41, 5.74) is -0.414. The van der Waals surface area contributed by atoms with Gasteiger partial charge >= 0.3 is 5.97 Å². The Bertz CT molecular complexity index is 649. The fourth-order valence-corrected chi connectivity index (χ4v) is 2.52. The van der Waals surface area contributed by atoms with Gasteiger partial charge in [-0.05, 0) is 38.3 Å².